The molecule has 0 N–H and O–H groups in total. The molecule has 6 nitrogen and oxygen atoms in total. The van der Waals surface area contributed by atoms with Gasteiger partial charge in [-0.05, 0) is 51.3 Å². The van der Waals surface area contributed by atoms with E-state index in [9.17, 15) is 13.0 Å². The first-order chi connectivity index (χ1) is 12.1. The van der Waals surface area contributed by atoms with Crippen molar-refractivity contribution < 1.29 is 22.4 Å². The molecule has 3 atom stereocenters. The molecule has 0 aromatic heterocycles. The summed E-state index contributed by atoms with van der Waals surface area (Å²) in [4.78, 5) is 0.407. The number of hydrogen-bond donors (Lipinski definition) is 0. The Labute approximate surface area is 171 Å². The summed E-state index contributed by atoms with van der Waals surface area (Å²) >= 11 is -1.34. The fraction of sp³-hybridized carbons (Fsp3) is 0.667. The minimum absolute atomic E-state index is 0. The topological polar surface area (TPSA) is 78.9 Å². The van der Waals surface area contributed by atoms with Gasteiger partial charge in [-0.1, -0.05) is 16.4 Å². The number of rotatable bonds is 4. The second-order valence-corrected chi connectivity index (χ2v) is 11.9. The quantitative estimate of drug-likeness (QED) is 0.674. The maximum absolute atomic E-state index is 13.3. The first kappa shape index (κ1) is 22.9. The average molecular weight is 438 g/mol. The maximum Gasteiger partial charge on any atom is 0.178 e. The molecule has 154 valence electrons. The van der Waals surface area contributed by atoms with Crippen LogP contribution in [0.25, 0.3) is 0 Å². The largest absolute Gasteiger partial charge is 0.597 e. The van der Waals surface area contributed by atoms with Crippen LogP contribution in [-0.4, -0.2) is 53.8 Å². The highest BCUT2D eigenvalue weighted by Crippen LogP contribution is 2.38. The second kappa shape index (κ2) is 8.57. The predicted molar refractivity (Wildman–Crippen MR) is 108 cm³/mol. The zero-order valence-electron chi connectivity index (χ0n) is 16.1. The monoisotopic (exact) mass is 437 g/mol. The minimum Gasteiger partial charge on any atom is -0.597 e. The fourth-order valence-corrected chi connectivity index (χ4v) is 6.40. The lowest BCUT2D eigenvalue weighted by Gasteiger charge is -2.41. The molecule has 1 saturated heterocycles. The van der Waals surface area contributed by atoms with Crippen LogP contribution in [-0.2, 0) is 37.1 Å². The predicted octanol–water partition coefficient (Wildman–Crippen LogP) is 2.64. The van der Waals surface area contributed by atoms with E-state index >= 15 is 0 Å². The van der Waals surface area contributed by atoms with E-state index < -0.39 is 32.2 Å². The first-order valence-corrected chi connectivity index (χ1v) is 11.6. The van der Waals surface area contributed by atoms with Gasteiger partial charge in [-0.15, -0.1) is 12.4 Å². The molecule has 0 spiro atoms. The van der Waals surface area contributed by atoms with Gasteiger partial charge in [0.2, 0.25) is 0 Å². The van der Waals surface area contributed by atoms with Gasteiger partial charge in [-0.2, -0.15) is 0 Å². The number of fused-ring (bicyclic) bond motifs is 1. The zero-order chi connectivity index (χ0) is 19.1. The van der Waals surface area contributed by atoms with Crippen LogP contribution < -0.4 is 0 Å². The van der Waals surface area contributed by atoms with Gasteiger partial charge in [0, 0.05) is 11.4 Å². The van der Waals surface area contributed by atoms with Gasteiger partial charge in [-0.25, -0.2) is 8.42 Å². The van der Waals surface area contributed by atoms with Crippen molar-refractivity contribution in [1.29, 1.82) is 0 Å². The third-order valence-electron chi connectivity index (χ3n) is 4.75. The molecule has 0 radical (unpaired) electrons. The van der Waals surface area contributed by atoms with E-state index in [1.54, 1.807) is 12.1 Å². The third kappa shape index (κ3) is 4.63. The van der Waals surface area contributed by atoms with Crippen LogP contribution in [0.4, 0.5) is 0 Å². The second-order valence-electron chi connectivity index (χ2n) is 7.69. The highest BCUT2D eigenvalue weighted by molar-refractivity contribution is 7.91. The molecule has 0 amide bonds. The van der Waals surface area contributed by atoms with Crippen LogP contribution in [0, 0.1) is 0 Å². The van der Waals surface area contributed by atoms with Crippen LogP contribution in [0.2, 0.25) is 0 Å². The van der Waals surface area contributed by atoms with Gasteiger partial charge < -0.3 is 14.0 Å². The Morgan fingerprint density at radius 3 is 2.59 bits per heavy atom. The molecule has 9 heteroatoms. The van der Waals surface area contributed by atoms with Crippen molar-refractivity contribution in [3.63, 3.8) is 0 Å². The lowest BCUT2D eigenvalue weighted by atomic mass is 9.99. The number of ether oxygens (including phenoxy) is 2. The summed E-state index contributed by atoms with van der Waals surface area (Å²) < 4.78 is 50.6. The van der Waals surface area contributed by atoms with Gasteiger partial charge in [0.05, 0.1) is 36.5 Å². The summed E-state index contributed by atoms with van der Waals surface area (Å²) in [5.41, 5.74) is 1.74. The molecule has 0 bridgehead atoms. The lowest BCUT2D eigenvalue weighted by molar-refractivity contribution is -0.138. The van der Waals surface area contributed by atoms with E-state index in [2.05, 4.69) is 0 Å². The van der Waals surface area contributed by atoms with Crippen LogP contribution >= 0.6 is 12.4 Å². The SMILES string of the molecule is C[C@H](c1cccc2c1CCS2(=O)=O)N(C1COCCO1)[S+]([O-])C(C)(C)C.Cl. The molecular weight excluding hydrogens is 410 g/mol. The molecule has 0 saturated carbocycles. The zero-order valence-corrected chi connectivity index (χ0v) is 18.6. The molecule has 27 heavy (non-hydrogen) atoms. The summed E-state index contributed by atoms with van der Waals surface area (Å²) in [6, 6.07) is 5.11. The summed E-state index contributed by atoms with van der Waals surface area (Å²) in [6.07, 6.45) is 0.0728. The molecule has 1 fully saturated rings. The summed E-state index contributed by atoms with van der Waals surface area (Å²) in [5.74, 6) is 0.136. The van der Waals surface area contributed by atoms with E-state index in [0.29, 0.717) is 31.1 Å². The number of sulfone groups is 1. The molecule has 2 heterocycles. The van der Waals surface area contributed by atoms with Crippen LogP contribution in [0.5, 0.6) is 0 Å². The van der Waals surface area contributed by atoms with E-state index in [1.807, 2.05) is 38.1 Å². The molecule has 1 aromatic carbocycles. The van der Waals surface area contributed by atoms with Gasteiger partial charge in [0.25, 0.3) is 0 Å². The van der Waals surface area contributed by atoms with Crippen molar-refractivity contribution in [2.24, 2.45) is 0 Å². The Morgan fingerprint density at radius 1 is 1.30 bits per heavy atom. The Bertz CT molecular complexity index is 760. The summed E-state index contributed by atoms with van der Waals surface area (Å²) in [5, 5.41) is 0. The Morgan fingerprint density at radius 2 is 2.00 bits per heavy atom. The molecule has 2 aliphatic heterocycles. The van der Waals surface area contributed by atoms with Gasteiger partial charge in [0.1, 0.15) is 4.75 Å². The highest BCUT2D eigenvalue weighted by atomic mass is 35.5. The molecule has 1 aromatic rings. The smallest absolute Gasteiger partial charge is 0.178 e. The lowest BCUT2D eigenvalue weighted by Crippen LogP contribution is -2.53. The van der Waals surface area contributed by atoms with E-state index in [-0.39, 0.29) is 24.2 Å². The molecule has 3 rings (SSSR count). The van der Waals surface area contributed by atoms with Gasteiger partial charge >= 0.3 is 0 Å². The Kier molecular flexibility index (Phi) is 7.28. The number of hydrogen-bond acceptors (Lipinski definition) is 6. The van der Waals surface area contributed by atoms with Crippen molar-refractivity contribution in [3.8, 4) is 0 Å². The highest BCUT2D eigenvalue weighted by Gasteiger charge is 2.44. The number of nitrogens with zero attached hydrogens (tertiary/aromatic N) is 1. The van der Waals surface area contributed by atoms with Crippen molar-refractivity contribution >= 4 is 33.6 Å². The molecule has 2 aliphatic rings. The van der Waals surface area contributed by atoms with Crippen molar-refractivity contribution in [2.75, 3.05) is 25.6 Å². The van der Waals surface area contributed by atoms with E-state index in [4.69, 9.17) is 9.47 Å². The van der Waals surface area contributed by atoms with Crippen molar-refractivity contribution in [2.45, 2.75) is 56.0 Å². The average Bonchev–Trinajstić information content (AvgIpc) is 2.90. The maximum atomic E-state index is 13.3. The van der Waals surface area contributed by atoms with Gasteiger partial charge in [0.15, 0.2) is 16.1 Å². The molecule has 2 unspecified atom stereocenters. The van der Waals surface area contributed by atoms with E-state index in [1.165, 1.54) is 0 Å². The van der Waals surface area contributed by atoms with Crippen LogP contribution in [0.15, 0.2) is 23.1 Å². The summed E-state index contributed by atoms with van der Waals surface area (Å²) in [7, 11) is -3.21. The fourth-order valence-electron chi connectivity index (χ4n) is 3.45. The van der Waals surface area contributed by atoms with Crippen LogP contribution in [0.1, 0.15) is 44.9 Å². The summed E-state index contributed by atoms with van der Waals surface area (Å²) in [6.45, 7) is 9.06. The van der Waals surface area contributed by atoms with Crippen molar-refractivity contribution in [3.05, 3.63) is 29.3 Å². The van der Waals surface area contributed by atoms with Crippen molar-refractivity contribution in [1.82, 2.24) is 4.31 Å². The number of halogens is 1. The molecular formula is C18H28ClNO5S2. The third-order valence-corrected chi connectivity index (χ3v) is 8.53. The Balaban J connectivity index is 0.00000261. The number of benzene rings is 1. The minimum atomic E-state index is -3.21. The normalized spacial score (nSPS) is 24.1. The van der Waals surface area contributed by atoms with Crippen LogP contribution in [0.3, 0.4) is 0 Å². The first-order valence-electron chi connectivity index (χ1n) is 8.87. The van der Waals surface area contributed by atoms with E-state index in [0.717, 1.165) is 11.1 Å². The standard InChI is InChI=1S/C18H27NO5S2.ClH/c1-13(14-6-5-7-16-15(14)8-11-26(16,21)22)19(25(20)18(2,3)4)17-12-23-9-10-24-17;/h5-7,13,17H,8-12H2,1-4H3;1H/t13-,17?,25?;/m1./s1. The molecule has 0 aliphatic carbocycles. The van der Waals surface area contributed by atoms with Gasteiger partial charge in [-0.3, -0.25) is 0 Å². The Hall–Kier alpha value is -0.350.